The van der Waals surface area contributed by atoms with Crippen molar-refractivity contribution in [2.75, 3.05) is 19.8 Å². The van der Waals surface area contributed by atoms with Gasteiger partial charge in [-0.15, -0.1) is 0 Å². The Bertz CT molecular complexity index is 1630. The highest BCUT2D eigenvalue weighted by Crippen LogP contribution is 2.17. The molecule has 2 aromatic heterocycles. The third-order valence-corrected chi connectivity index (χ3v) is 6.19. The lowest BCUT2D eigenvalue weighted by Gasteiger charge is -2.19. The van der Waals surface area contributed by atoms with Gasteiger partial charge in [0.2, 0.25) is 0 Å². The Balaban J connectivity index is 1.46. The molecule has 0 amide bonds. The van der Waals surface area contributed by atoms with Crippen molar-refractivity contribution in [3.63, 3.8) is 0 Å². The largest absolute Gasteiger partial charge is 0.482 e. The summed E-state index contributed by atoms with van der Waals surface area (Å²) in [6.07, 6.45) is 0.294. The average molecular weight is 591 g/mol. The number of carbonyl (C=O) groups is 2. The van der Waals surface area contributed by atoms with Gasteiger partial charge in [0.05, 0.1) is 12.9 Å². The molecule has 14 heteroatoms. The first-order valence-corrected chi connectivity index (χ1v) is 12.6. The first-order valence-electron chi connectivity index (χ1n) is 11.8. The lowest BCUT2D eigenvalue weighted by Crippen LogP contribution is -2.38. The second-order valence-electron chi connectivity index (χ2n) is 8.55. The number of rotatable bonds is 11. The molecule has 0 spiro atoms. The number of halogens is 2. The lowest BCUT2D eigenvalue weighted by molar-refractivity contribution is -0.162. The summed E-state index contributed by atoms with van der Waals surface area (Å²) in [5.41, 5.74) is -0.863. The van der Waals surface area contributed by atoms with Crippen LogP contribution in [-0.4, -0.2) is 56.5 Å². The Hall–Kier alpha value is -4.29. The van der Waals surface area contributed by atoms with E-state index in [1.807, 2.05) is 0 Å². The summed E-state index contributed by atoms with van der Waals surface area (Å²) in [6.45, 7) is -1.31. The molecule has 0 fully saturated rings. The molecule has 0 saturated heterocycles. The van der Waals surface area contributed by atoms with Gasteiger partial charge in [0.15, 0.2) is 30.5 Å². The molecule has 0 N–H and O–H groups in total. The number of nitrogens with zero attached hydrogens (tertiary/aromatic N) is 4. The summed E-state index contributed by atoms with van der Waals surface area (Å²) in [7, 11) is 2.82. The van der Waals surface area contributed by atoms with E-state index in [0.29, 0.717) is 21.5 Å². The van der Waals surface area contributed by atoms with Crippen molar-refractivity contribution in [3.8, 4) is 11.5 Å². The summed E-state index contributed by atoms with van der Waals surface area (Å²) in [5, 5.41) is 1.02. The highest BCUT2D eigenvalue weighted by atomic mass is 35.5. The first-order chi connectivity index (χ1) is 19.1. The van der Waals surface area contributed by atoms with Crippen LogP contribution in [0.25, 0.3) is 11.2 Å². The SMILES string of the molecule is Cn1c(=O)c2c(ncn2CC(COC(=O)COc2ccc(Cl)cc2)OC(=O)COc2ccc(Cl)cc2)n(C)c1=O. The lowest BCUT2D eigenvalue weighted by atomic mass is 10.3. The highest BCUT2D eigenvalue weighted by Gasteiger charge is 2.22. The number of esters is 2. The molecule has 210 valence electrons. The predicted molar refractivity (Wildman–Crippen MR) is 145 cm³/mol. The highest BCUT2D eigenvalue weighted by molar-refractivity contribution is 6.30. The third kappa shape index (κ3) is 7.01. The fourth-order valence-electron chi connectivity index (χ4n) is 3.67. The van der Waals surface area contributed by atoms with Gasteiger partial charge in [-0.05, 0) is 48.5 Å². The molecule has 12 nitrogen and oxygen atoms in total. The number of aryl methyl sites for hydroxylation is 1. The molecule has 40 heavy (non-hydrogen) atoms. The Labute approximate surface area is 237 Å². The molecule has 0 aliphatic carbocycles. The van der Waals surface area contributed by atoms with Crippen LogP contribution in [0.5, 0.6) is 11.5 Å². The number of ether oxygens (including phenoxy) is 4. The zero-order valence-corrected chi connectivity index (χ0v) is 22.9. The molecule has 1 atom stereocenters. The van der Waals surface area contributed by atoms with E-state index >= 15 is 0 Å². The van der Waals surface area contributed by atoms with Crippen molar-refractivity contribution in [2.24, 2.45) is 14.1 Å². The maximum absolute atomic E-state index is 12.8. The zero-order valence-electron chi connectivity index (χ0n) is 21.4. The summed E-state index contributed by atoms with van der Waals surface area (Å²) < 4.78 is 25.2. The van der Waals surface area contributed by atoms with Gasteiger partial charge in [0, 0.05) is 24.1 Å². The standard InChI is InChI=1S/C26H24Cl2N4O8/c1-30-24-23(25(35)31(2)26(30)36)32(15-29-24)11-20(40-22(34)14-38-19-9-5-17(28)6-10-19)12-39-21(33)13-37-18-7-3-16(27)4-8-18/h3-10,15,20H,11-14H2,1-2H3. The summed E-state index contributed by atoms with van der Waals surface area (Å²) >= 11 is 11.7. The second-order valence-corrected chi connectivity index (χ2v) is 9.43. The Kier molecular flexibility index (Phi) is 9.12. The van der Waals surface area contributed by atoms with E-state index in [-0.39, 0.29) is 24.3 Å². The van der Waals surface area contributed by atoms with E-state index in [0.717, 1.165) is 4.57 Å². The van der Waals surface area contributed by atoms with E-state index in [2.05, 4.69) is 4.98 Å². The van der Waals surface area contributed by atoms with Gasteiger partial charge < -0.3 is 23.5 Å². The van der Waals surface area contributed by atoms with Gasteiger partial charge in [-0.2, -0.15) is 0 Å². The van der Waals surface area contributed by atoms with Crippen LogP contribution in [0.15, 0.2) is 64.4 Å². The van der Waals surface area contributed by atoms with Gasteiger partial charge in [0.25, 0.3) is 5.56 Å². The summed E-state index contributed by atoms with van der Waals surface area (Å²) in [5.74, 6) is -0.663. The molecule has 0 saturated carbocycles. The fraction of sp³-hybridized carbons (Fsp3) is 0.269. The summed E-state index contributed by atoms with van der Waals surface area (Å²) in [6, 6.07) is 12.8. The minimum Gasteiger partial charge on any atom is -0.482 e. The molecule has 0 bridgehead atoms. The molecule has 2 heterocycles. The molecular formula is C26H24Cl2N4O8. The monoisotopic (exact) mass is 590 g/mol. The van der Waals surface area contributed by atoms with Crippen molar-refractivity contribution < 1.29 is 28.5 Å². The fourth-order valence-corrected chi connectivity index (χ4v) is 3.92. The molecule has 4 aromatic rings. The van der Waals surface area contributed by atoms with E-state index in [9.17, 15) is 19.2 Å². The third-order valence-electron chi connectivity index (χ3n) is 5.69. The number of benzene rings is 2. The van der Waals surface area contributed by atoms with Crippen LogP contribution in [0.3, 0.4) is 0 Å². The van der Waals surface area contributed by atoms with Gasteiger partial charge in [-0.25, -0.2) is 19.4 Å². The van der Waals surface area contributed by atoms with E-state index in [1.54, 1.807) is 48.5 Å². The maximum Gasteiger partial charge on any atom is 0.344 e. The Morgan fingerprint density at radius 3 is 1.98 bits per heavy atom. The molecule has 0 aliphatic rings. The van der Waals surface area contributed by atoms with Crippen molar-refractivity contribution >= 4 is 46.3 Å². The number of imidazole rings is 1. The first kappa shape index (κ1) is 28.7. The van der Waals surface area contributed by atoms with Crippen LogP contribution in [-0.2, 0) is 39.7 Å². The van der Waals surface area contributed by atoms with Gasteiger partial charge in [0.1, 0.15) is 18.1 Å². The van der Waals surface area contributed by atoms with Crippen LogP contribution in [0, 0.1) is 0 Å². The number of hydrogen-bond acceptors (Lipinski definition) is 9. The van der Waals surface area contributed by atoms with Crippen molar-refractivity contribution in [1.29, 1.82) is 0 Å². The van der Waals surface area contributed by atoms with Crippen LogP contribution in [0.2, 0.25) is 10.0 Å². The van der Waals surface area contributed by atoms with Crippen LogP contribution in [0.4, 0.5) is 0 Å². The van der Waals surface area contributed by atoms with Gasteiger partial charge >= 0.3 is 17.6 Å². The molecular weight excluding hydrogens is 567 g/mol. The van der Waals surface area contributed by atoms with Crippen LogP contribution >= 0.6 is 23.2 Å². The zero-order chi connectivity index (χ0) is 28.8. The second kappa shape index (κ2) is 12.7. The van der Waals surface area contributed by atoms with E-state index in [1.165, 1.54) is 29.6 Å². The van der Waals surface area contributed by atoms with Crippen molar-refractivity contribution in [3.05, 3.63) is 85.7 Å². The average Bonchev–Trinajstić information content (AvgIpc) is 3.36. The van der Waals surface area contributed by atoms with Crippen LogP contribution in [0.1, 0.15) is 0 Å². The van der Waals surface area contributed by atoms with Gasteiger partial charge in [-0.3, -0.25) is 13.9 Å². The number of hydrogen-bond donors (Lipinski definition) is 0. The van der Waals surface area contributed by atoms with E-state index < -0.39 is 42.5 Å². The normalized spacial score (nSPS) is 11.7. The quantitative estimate of drug-likeness (QED) is 0.241. The van der Waals surface area contributed by atoms with Gasteiger partial charge in [-0.1, -0.05) is 23.2 Å². The minimum atomic E-state index is -1.04. The minimum absolute atomic E-state index is 0.109. The Morgan fingerprint density at radius 1 is 0.850 bits per heavy atom. The van der Waals surface area contributed by atoms with E-state index in [4.69, 9.17) is 42.1 Å². The molecule has 0 radical (unpaired) electrons. The maximum atomic E-state index is 12.8. The van der Waals surface area contributed by atoms with Crippen molar-refractivity contribution in [1.82, 2.24) is 18.7 Å². The molecule has 4 rings (SSSR count). The number of carbonyl (C=O) groups excluding carboxylic acids is 2. The topological polar surface area (TPSA) is 133 Å². The predicted octanol–water partition coefficient (Wildman–Crippen LogP) is 2.35. The molecule has 1 unspecified atom stereocenters. The van der Waals surface area contributed by atoms with Crippen LogP contribution < -0.4 is 20.7 Å². The Morgan fingerprint density at radius 2 is 1.40 bits per heavy atom. The summed E-state index contributed by atoms with van der Waals surface area (Å²) in [4.78, 5) is 54.2. The smallest absolute Gasteiger partial charge is 0.344 e. The molecule has 2 aromatic carbocycles. The van der Waals surface area contributed by atoms with Crippen molar-refractivity contribution in [2.45, 2.75) is 12.6 Å². The molecule has 0 aliphatic heterocycles. The number of aromatic nitrogens is 4. The number of fused-ring (bicyclic) bond motifs is 1.